The minimum atomic E-state index is -1.02. The Bertz CT molecular complexity index is 379. The van der Waals surface area contributed by atoms with Gasteiger partial charge in [-0.15, -0.1) is 11.8 Å². The molecule has 0 amide bonds. The molecule has 1 aliphatic rings. The van der Waals surface area contributed by atoms with Crippen LogP contribution in [0.4, 0.5) is 0 Å². The van der Waals surface area contributed by atoms with Crippen molar-refractivity contribution in [3.63, 3.8) is 0 Å². The van der Waals surface area contributed by atoms with Gasteiger partial charge in [0.05, 0.1) is 4.90 Å². The normalized spacial score (nSPS) is 24.9. The van der Waals surface area contributed by atoms with Crippen molar-refractivity contribution in [3.05, 3.63) is 24.3 Å². The topological polar surface area (TPSA) is 66.8 Å². The Morgan fingerprint density at radius 2 is 2.20 bits per heavy atom. The second-order valence-electron chi connectivity index (χ2n) is 3.20. The molecule has 2 rings (SSSR count). The zero-order valence-corrected chi connectivity index (χ0v) is 8.61. The lowest BCUT2D eigenvalue weighted by Crippen LogP contribution is -2.34. The molecule has 0 aromatic heterocycles. The van der Waals surface area contributed by atoms with Gasteiger partial charge in [0.1, 0.15) is 23.7 Å². The summed E-state index contributed by atoms with van der Waals surface area (Å²) in [5.74, 6) is -0.391. The van der Waals surface area contributed by atoms with Crippen molar-refractivity contribution in [3.8, 4) is 5.75 Å². The molecule has 0 spiro atoms. The van der Waals surface area contributed by atoms with E-state index in [1.165, 1.54) is 0 Å². The highest BCUT2D eigenvalue weighted by Crippen LogP contribution is 2.36. The lowest BCUT2D eigenvalue weighted by molar-refractivity contribution is -0.138. The Morgan fingerprint density at radius 1 is 1.47 bits per heavy atom. The quantitative estimate of drug-likeness (QED) is 0.747. The summed E-state index contributed by atoms with van der Waals surface area (Å²) in [6.45, 7) is 0.0149. The first-order chi connectivity index (χ1) is 7.18. The zero-order valence-electron chi connectivity index (χ0n) is 7.79. The summed E-state index contributed by atoms with van der Waals surface area (Å²) in [6, 6.07) is 7.17. The molecule has 0 saturated heterocycles. The predicted octanol–water partition coefficient (Wildman–Crippen LogP) is 0.985. The second kappa shape index (κ2) is 4.12. The third kappa shape index (κ3) is 2.08. The highest BCUT2D eigenvalue weighted by molar-refractivity contribution is 8.00. The van der Waals surface area contributed by atoms with Crippen LogP contribution in [0.25, 0.3) is 0 Å². The van der Waals surface area contributed by atoms with Gasteiger partial charge in [-0.1, -0.05) is 12.1 Å². The van der Waals surface area contributed by atoms with Gasteiger partial charge in [-0.3, -0.25) is 4.79 Å². The number of hydrogen-bond donors (Lipinski definition) is 2. The van der Waals surface area contributed by atoms with Crippen molar-refractivity contribution in [2.75, 3.05) is 6.61 Å². The number of aliphatic hydroxyl groups is 1. The number of carboxylic acid groups (broad SMARTS) is 1. The number of ether oxygens (including phenoxy) is 1. The highest BCUT2D eigenvalue weighted by Gasteiger charge is 2.31. The Kier molecular flexibility index (Phi) is 2.83. The predicted molar refractivity (Wildman–Crippen MR) is 55.2 cm³/mol. The third-order valence-corrected chi connectivity index (χ3v) is 3.47. The van der Waals surface area contributed by atoms with Crippen LogP contribution in [0.5, 0.6) is 5.75 Å². The van der Waals surface area contributed by atoms with E-state index in [0.717, 1.165) is 16.7 Å². The molecule has 2 N–H and O–H groups in total. The van der Waals surface area contributed by atoms with Crippen LogP contribution < -0.4 is 4.74 Å². The molecule has 0 aliphatic carbocycles. The van der Waals surface area contributed by atoms with Gasteiger partial charge in [-0.25, -0.2) is 0 Å². The fourth-order valence-electron chi connectivity index (χ4n) is 1.36. The van der Waals surface area contributed by atoms with Crippen LogP contribution >= 0.6 is 11.8 Å². The highest BCUT2D eigenvalue weighted by atomic mass is 32.2. The number of aliphatic hydroxyl groups excluding tert-OH is 1. The molecule has 4 nitrogen and oxygen atoms in total. The molecule has 2 unspecified atom stereocenters. The summed E-state index contributed by atoms with van der Waals surface area (Å²) in [5.41, 5.74) is 0. The van der Waals surface area contributed by atoms with E-state index in [1.807, 2.05) is 12.1 Å². The average Bonchev–Trinajstić information content (AvgIpc) is 2.39. The molecule has 15 heavy (non-hydrogen) atoms. The van der Waals surface area contributed by atoms with Crippen molar-refractivity contribution in [1.82, 2.24) is 0 Å². The molecule has 1 aliphatic heterocycles. The van der Waals surface area contributed by atoms with Gasteiger partial charge >= 0.3 is 5.97 Å². The standard InChI is InChI=1S/C10H10O4S/c11-6-5-14-7-3-1-2-4-8(7)15-9(6)10(12)13/h1-4,6,9,11H,5H2,(H,12,13). The van der Waals surface area contributed by atoms with Gasteiger partial charge < -0.3 is 14.9 Å². The minimum absolute atomic E-state index is 0.0149. The molecule has 0 bridgehead atoms. The molecular formula is C10H10O4S. The molecule has 80 valence electrons. The fourth-order valence-corrected chi connectivity index (χ4v) is 2.37. The van der Waals surface area contributed by atoms with Crippen molar-refractivity contribution >= 4 is 17.7 Å². The number of aliphatic carboxylic acids is 1. The van der Waals surface area contributed by atoms with Gasteiger partial charge in [-0.2, -0.15) is 0 Å². The summed E-state index contributed by atoms with van der Waals surface area (Å²) in [7, 11) is 0. The van der Waals surface area contributed by atoms with E-state index in [0.29, 0.717) is 5.75 Å². The Morgan fingerprint density at radius 3 is 2.93 bits per heavy atom. The second-order valence-corrected chi connectivity index (χ2v) is 4.39. The van der Waals surface area contributed by atoms with Gasteiger partial charge in [0.15, 0.2) is 0 Å². The van der Waals surface area contributed by atoms with Gasteiger partial charge in [0, 0.05) is 0 Å². The van der Waals surface area contributed by atoms with Crippen LogP contribution in [-0.2, 0) is 4.79 Å². The number of carbonyl (C=O) groups is 1. The number of para-hydroxylation sites is 1. The summed E-state index contributed by atoms with van der Waals surface area (Å²) >= 11 is 1.12. The molecule has 1 aromatic rings. The van der Waals surface area contributed by atoms with Gasteiger partial charge in [-0.05, 0) is 12.1 Å². The monoisotopic (exact) mass is 226 g/mol. The molecule has 0 saturated carbocycles. The van der Waals surface area contributed by atoms with Crippen molar-refractivity contribution in [1.29, 1.82) is 0 Å². The number of benzene rings is 1. The fraction of sp³-hybridized carbons (Fsp3) is 0.300. The number of fused-ring (bicyclic) bond motifs is 1. The largest absolute Gasteiger partial charge is 0.490 e. The maximum Gasteiger partial charge on any atom is 0.319 e. The summed E-state index contributed by atoms with van der Waals surface area (Å²) in [4.78, 5) is 11.6. The molecule has 1 heterocycles. The first kappa shape index (κ1) is 10.3. The number of hydrogen-bond acceptors (Lipinski definition) is 4. The summed E-state index contributed by atoms with van der Waals surface area (Å²) < 4.78 is 5.31. The van der Waals surface area contributed by atoms with Gasteiger partial charge in [0.2, 0.25) is 0 Å². The SMILES string of the molecule is O=C(O)C1Sc2ccccc2OCC1O. The van der Waals surface area contributed by atoms with Crippen molar-refractivity contribution < 1.29 is 19.7 Å². The van der Waals surface area contributed by atoms with E-state index in [9.17, 15) is 9.90 Å². The van der Waals surface area contributed by atoms with Crippen LogP contribution in [0, 0.1) is 0 Å². The van der Waals surface area contributed by atoms with Crippen LogP contribution in [0.2, 0.25) is 0 Å². The molecular weight excluding hydrogens is 216 g/mol. The first-order valence-corrected chi connectivity index (χ1v) is 5.36. The van der Waals surface area contributed by atoms with E-state index in [4.69, 9.17) is 9.84 Å². The van der Waals surface area contributed by atoms with Crippen LogP contribution in [-0.4, -0.2) is 34.1 Å². The molecule has 0 fully saturated rings. The Hall–Kier alpha value is -1.20. The minimum Gasteiger partial charge on any atom is -0.490 e. The van der Waals surface area contributed by atoms with E-state index in [1.54, 1.807) is 12.1 Å². The maximum absolute atomic E-state index is 10.9. The third-order valence-electron chi connectivity index (χ3n) is 2.11. The lowest BCUT2D eigenvalue weighted by Gasteiger charge is -2.13. The smallest absolute Gasteiger partial charge is 0.319 e. The first-order valence-electron chi connectivity index (χ1n) is 4.48. The van der Waals surface area contributed by atoms with E-state index >= 15 is 0 Å². The number of thioether (sulfide) groups is 1. The van der Waals surface area contributed by atoms with E-state index < -0.39 is 17.3 Å². The van der Waals surface area contributed by atoms with Crippen molar-refractivity contribution in [2.24, 2.45) is 0 Å². The lowest BCUT2D eigenvalue weighted by atomic mass is 10.2. The van der Waals surface area contributed by atoms with E-state index in [-0.39, 0.29) is 6.61 Å². The molecule has 0 radical (unpaired) electrons. The summed E-state index contributed by atoms with van der Waals surface area (Å²) in [6.07, 6.45) is -0.986. The average molecular weight is 226 g/mol. The number of carboxylic acids is 1. The Labute approximate surface area is 90.9 Å². The Balaban J connectivity index is 2.31. The van der Waals surface area contributed by atoms with E-state index in [2.05, 4.69) is 0 Å². The zero-order chi connectivity index (χ0) is 10.8. The molecule has 1 aromatic carbocycles. The number of rotatable bonds is 1. The van der Waals surface area contributed by atoms with Gasteiger partial charge in [0.25, 0.3) is 0 Å². The summed E-state index contributed by atoms with van der Waals surface area (Å²) in [5, 5.41) is 17.6. The molecule has 5 heteroatoms. The maximum atomic E-state index is 10.9. The van der Waals surface area contributed by atoms with Crippen LogP contribution in [0.3, 0.4) is 0 Å². The molecule has 2 atom stereocenters. The van der Waals surface area contributed by atoms with Crippen LogP contribution in [0.1, 0.15) is 0 Å². The van der Waals surface area contributed by atoms with Crippen LogP contribution in [0.15, 0.2) is 29.2 Å². The van der Waals surface area contributed by atoms with Crippen molar-refractivity contribution in [2.45, 2.75) is 16.2 Å².